The average Bonchev–Trinajstić information content (AvgIpc) is 1.27. The molecule has 0 saturated heterocycles. The Morgan fingerprint density at radius 1 is 1.57 bits per heavy atom. The van der Waals surface area contributed by atoms with Gasteiger partial charge >= 0.3 is 6.03 Å². The normalized spacial score (nSPS) is 9.00. The van der Waals surface area contributed by atoms with Crippen LogP contribution < -0.4 is 22.5 Å². The molecular formula is C2H8N4O. The van der Waals surface area contributed by atoms with Gasteiger partial charge in [0.2, 0.25) is 0 Å². The Balaban J connectivity index is 3.13. The minimum Gasteiger partial charge on any atom is -0.352 e. The summed E-state index contributed by atoms with van der Waals surface area (Å²) >= 11 is 0. The maximum atomic E-state index is 9.76. The molecule has 0 unspecified atom stereocenters. The van der Waals surface area contributed by atoms with Crippen LogP contribution in [0.5, 0.6) is 0 Å². The second kappa shape index (κ2) is 2.38. The summed E-state index contributed by atoms with van der Waals surface area (Å²) in [6, 6.07) is -0.713. The zero-order valence-corrected chi connectivity index (χ0v) is 3.72. The van der Waals surface area contributed by atoms with E-state index in [1.54, 1.807) is 0 Å². The molecule has 0 saturated carbocycles. The molecule has 0 spiro atoms. The number of rotatable bonds is 1. The Kier molecular flexibility index (Phi) is 2.10. The van der Waals surface area contributed by atoms with Gasteiger partial charge in [-0.3, -0.25) is 11.5 Å². The van der Waals surface area contributed by atoms with Crippen molar-refractivity contribution in [1.82, 2.24) is 5.32 Å². The number of hydrogen-bond acceptors (Lipinski definition) is 3. The van der Waals surface area contributed by atoms with Crippen LogP contribution in [0.4, 0.5) is 4.79 Å². The lowest BCUT2D eigenvalue weighted by Crippen LogP contribution is -2.50. The SMILES string of the molecule is NC(=O)NC(N)N. The molecule has 0 aliphatic carbocycles. The molecule has 0 aliphatic rings. The highest BCUT2D eigenvalue weighted by Gasteiger charge is 1.91. The van der Waals surface area contributed by atoms with E-state index in [4.69, 9.17) is 11.5 Å². The van der Waals surface area contributed by atoms with E-state index < -0.39 is 12.3 Å². The second-order valence-electron chi connectivity index (χ2n) is 1.03. The first-order valence-corrected chi connectivity index (χ1v) is 1.70. The van der Waals surface area contributed by atoms with Crippen molar-refractivity contribution in [3.8, 4) is 0 Å². The van der Waals surface area contributed by atoms with Gasteiger partial charge in [0.1, 0.15) is 6.29 Å². The molecule has 0 aromatic heterocycles. The first-order chi connectivity index (χ1) is 3.13. The summed E-state index contributed by atoms with van der Waals surface area (Å²) in [4.78, 5) is 9.76. The van der Waals surface area contributed by atoms with Crippen LogP contribution in [-0.4, -0.2) is 12.3 Å². The largest absolute Gasteiger partial charge is 0.352 e. The molecule has 0 rings (SSSR count). The highest BCUT2D eigenvalue weighted by Crippen LogP contribution is 1.51. The highest BCUT2D eigenvalue weighted by molar-refractivity contribution is 5.71. The summed E-state index contributed by atoms with van der Waals surface area (Å²) in [5.74, 6) is 0. The molecule has 0 aliphatic heterocycles. The molecule has 5 heteroatoms. The van der Waals surface area contributed by atoms with Gasteiger partial charge < -0.3 is 11.1 Å². The predicted octanol–water partition coefficient (Wildman–Crippen LogP) is -2.14. The Bertz CT molecular complexity index is 70.1. The van der Waals surface area contributed by atoms with E-state index in [-0.39, 0.29) is 0 Å². The van der Waals surface area contributed by atoms with Gasteiger partial charge in [0.05, 0.1) is 0 Å². The highest BCUT2D eigenvalue weighted by atomic mass is 16.2. The molecule has 0 heterocycles. The van der Waals surface area contributed by atoms with Crippen molar-refractivity contribution in [1.29, 1.82) is 0 Å². The molecule has 0 bridgehead atoms. The van der Waals surface area contributed by atoms with Crippen LogP contribution in [0, 0.1) is 0 Å². The van der Waals surface area contributed by atoms with E-state index in [0.717, 1.165) is 0 Å². The third-order valence-corrected chi connectivity index (χ3v) is 0.309. The van der Waals surface area contributed by atoms with E-state index in [1.165, 1.54) is 0 Å². The zero-order chi connectivity index (χ0) is 5.86. The van der Waals surface area contributed by atoms with Crippen LogP contribution in [0.1, 0.15) is 0 Å². The number of urea groups is 1. The van der Waals surface area contributed by atoms with Crippen molar-refractivity contribution < 1.29 is 4.79 Å². The summed E-state index contributed by atoms with van der Waals surface area (Å²) in [5.41, 5.74) is 14.3. The van der Waals surface area contributed by atoms with Gasteiger partial charge in [-0.1, -0.05) is 0 Å². The minimum absolute atomic E-state index is 0.713. The molecule has 0 aromatic rings. The second-order valence-corrected chi connectivity index (χ2v) is 1.03. The van der Waals surface area contributed by atoms with E-state index in [1.807, 2.05) is 5.32 Å². The van der Waals surface area contributed by atoms with E-state index >= 15 is 0 Å². The molecule has 5 nitrogen and oxygen atoms in total. The monoisotopic (exact) mass is 104 g/mol. The lowest BCUT2D eigenvalue weighted by Gasteiger charge is -2.02. The van der Waals surface area contributed by atoms with Gasteiger partial charge in [-0.15, -0.1) is 0 Å². The fraction of sp³-hybridized carbons (Fsp3) is 0.500. The molecule has 2 amide bonds. The van der Waals surface area contributed by atoms with Gasteiger partial charge in [0.25, 0.3) is 0 Å². The summed E-state index contributed by atoms with van der Waals surface area (Å²) in [6.45, 7) is 0. The van der Waals surface area contributed by atoms with Crippen molar-refractivity contribution in [2.24, 2.45) is 17.2 Å². The number of nitrogens with one attached hydrogen (secondary N) is 1. The molecule has 0 aromatic carbocycles. The summed E-state index contributed by atoms with van der Waals surface area (Å²) < 4.78 is 0. The summed E-state index contributed by atoms with van der Waals surface area (Å²) in [6.07, 6.45) is -0.850. The predicted molar refractivity (Wildman–Crippen MR) is 24.9 cm³/mol. The Morgan fingerprint density at radius 3 is 2.00 bits per heavy atom. The van der Waals surface area contributed by atoms with Crippen molar-refractivity contribution >= 4 is 6.03 Å². The van der Waals surface area contributed by atoms with Gasteiger partial charge in [0.15, 0.2) is 0 Å². The van der Waals surface area contributed by atoms with Crippen LogP contribution >= 0.6 is 0 Å². The third-order valence-electron chi connectivity index (χ3n) is 0.309. The molecule has 0 fully saturated rings. The number of primary amides is 1. The smallest absolute Gasteiger partial charge is 0.314 e. The standard InChI is InChI=1S/C2H8N4O/c3-1(4)6-2(5)7/h1H,3-4H2,(H3,5,6,7). The van der Waals surface area contributed by atoms with Crippen LogP contribution in [0.25, 0.3) is 0 Å². The van der Waals surface area contributed by atoms with Gasteiger partial charge in [0, 0.05) is 0 Å². The van der Waals surface area contributed by atoms with Crippen LogP contribution in [0.15, 0.2) is 0 Å². The molecule has 7 N–H and O–H groups in total. The topological polar surface area (TPSA) is 107 Å². The van der Waals surface area contributed by atoms with Crippen molar-refractivity contribution in [3.05, 3.63) is 0 Å². The summed E-state index contributed by atoms with van der Waals surface area (Å²) in [5, 5.41) is 2.00. The van der Waals surface area contributed by atoms with Gasteiger partial charge in [-0.25, -0.2) is 4.79 Å². The maximum Gasteiger partial charge on any atom is 0.314 e. The first-order valence-electron chi connectivity index (χ1n) is 1.70. The quantitative estimate of drug-likeness (QED) is 0.285. The number of hydrogen-bond donors (Lipinski definition) is 4. The summed E-state index contributed by atoms with van der Waals surface area (Å²) in [7, 11) is 0. The van der Waals surface area contributed by atoms with Crippen molar-refractivity contribution in [2.75, 3.05) is 0 Å². The molecule has 0 radical (unpaired) electrons. The van der Waals surface area contributed by atoms with Crippen LogP contribution in [0.3, 0.4) is 0 Å². The number of carbonyl (C=O) groups excluding carboxylic acids is 1. The van der Waals surface area contributed by atoms with Crippen LogP contribution in [-0.2, 0) is 0 Å². The van der Waals surface area contributed by atoms with Crippen molar-refractivity contribution in [2.45, 2.75) is 6.29 Å². The van der Waals surface area contributed by atoms with Gasteiger partial charge in [-0.05, 0) is 0 Å². The third kappa shape index (κ3) is 5.19. The Hall–Kier alpha value is -0.810. The number of nitrogens with two attached hydrogens (primary N) is 3. The minimum atomic E-state index is -0.850. The van der Waals surface area contributed by atoms with Gasteiger partial charge in [-0.2, -0.15) is 0 Å². The average molecular weight is 104 g/mol. The Morgan fingerprint density at radius 2 is 2.00 bits per heavy atom. The van der Waals surface area contributed by atoms with E-state index in [9.17, 15) is 4.79 Å². The number of amides is 2. The Labute approximate surface area is 40.8 Å². The molecule has 42 valence electrons. The molecule has 7 heavy (non-hydrogen) atoms. The van der Waals surface area contributed by atoms with Crippen molar-refractivity contribution in [3.63, 3.8) is 0 Å². The zero-order valence-electron chi connectivity index (χ0n) is 3.72. The van der Waals surface area contributed by atoms with Crippen LogP contribution in [0.2, 0.25) is 0 Å². The number of carbonyl (C=O) groups is 1. The first kappa shape index (κ1) is 6.19. The molecular weight excluding hydrogens is 96.0 g/mol. The maximum absolute atomic E-state index is 9.76. The lowest BCUT2D eigenvalue weighted by atomic mass is 10.8. The fourth-order valence-electron chi connectivity index (χ4n) is 0.164. The van der Waals surface area contributed by atoms with E-state index in [2.05, 4.69) is 5.73 Å². The van der Waals surface area contributed by atoms with E-state index in [0.29, 0.717) is 0 Å². The molecule has 0 atom stereocenters. The lowest BCUT2D eigenvalue weighted by molar-refractivity contribution is 0.246. The fourth-order valence-corrected chi connectivity index (χ4v) is 0.164.